The van der Waals surface area contributed by atoms with Crippen molar-refractivity contribution in [3.63, 3.8) is 0 Å². The third-order valence-corrected chi connectivity index (χ3v) is 3.64. The van der Waals surface area contributed by atoms with Crippen LogP contribution in [0.2, 0.25) is 0 Å². The van der Waals surface area contributed by atoms with Crippen molar-refractivity contribution >= 4 is 6.41 Å². The van der Waals surface area contributed by atoms with Crippen molar-refractivity contribution in [2.75, 3.05) is 14.2 Å². The quantitative estimate of drug-likeness (QED) is 0.799. The van der Waals surface area contributed by atoms with Gasteiger partial charge in [0.2, 0.25) is 6.41 Å². The number of ether oxygens (including phenoxy) is 2. The van der Waals surface area contributed by atoms with Crippen molar-refractivity contribution in [3.05, 3.63) is 59.2 Å². The van der Waals surface area contributed by atoms with Gasteiger partial charge >= 0.3 is 0 Å². The van der Waals surface area contributed by atoms with Crippen LogP contribution in [0.4, 0.5) is 0 Å². The molecule has 0 saturated carbocycles. The largest absolute Gasteiger partial charge is 0.493 e. The van der Waals surface area contributed by atoms with Crippen molar-refractivity contribution in [1.29, 1.82) is 0 Å². The van der Waals surface area contributed by atoms with Crippen LogP contribution < -0.4 is 14.8 Å². The molecule has 2 aromatic rings. The Morgan fingerprint density at radius 2 is 1.73 bits per heavy atom. The molecule has 1 unspecified atom stereocenters. The highest BCUT2D eigenvalue weighted by molar-refractivity contribution is 5.49. The molecule has 2 aromatic carbocycles. The molecule has 0 aromatic heterocycles. The highest BCUT2D eigenvalue weighted by atomic mass is 16.5. The van der Waals surface area contributed by atoms with E-state index < -0.39 is 0 Å². The first-order valence-electron chi connectivity index (χ1n) is 7.15. The molecule has 0 heterocycles. The van der Waals surface area contributed by atoms with Crippen LogP contribution in [0.25, 0.3) is 0 Å². The summed E-state index contributed by atoms with van der Waals surface area (Å²) in [6.07, 6.45) is 1.42. The fourth-order valence-electron chi connectivity index (χ4n) is 2.40. The molecule has 1 amide bonds. The van der Waals surface area contributed by atoms with E-state index in [0.717, 1.165) is 17.5 Å². The van der Waals surface area contributed by atoms with Crippen molar-refractivity contribution in [1.82, 2.24) is 5.32 Å². The molecule has 0 aliphatic heterocycles. The van der Waals surface area contributed by atoms with Gasteiger partial charge in [-0.15, -0.1) is 0 Å². The summed E-state index contributed by atoms with van der Waals surface area (Å²) >= 11 is 0. The Bertz CT molecular complexity index is 623. The fourth-order valence-corrected chi connectivity index (χ4v) is 2.40. The molecular formula is C18H21NO3. The molecule has 0 bridgehead atoms. The number of methoxy groups -OCH3 is 2. The second-order valence-corrected chi connectivity index (χ2v) is 5.14. The minimum absolute atomic E-state index is 0.0730. The number of carbonyl (C=O) groups is 1. The summed E-state index contributed by atoms with van der Waals surface area (Å²) in [7, 11) is 3.23. The number of aryl methyl sites for hydroxylation is 1. The minimum atomic E-state index is -0.0730. The Morgan fingerprint density at radius 1 is 1.05 bits per heavy atom. The van der Waals surface area contributed by atoms with Crippen LogP contribution in [0.5, 0.6) is 11.5 Å². The zero-order valence-electron chi connectivity index (χ0n) is 13.1. The van der Waals surface area contributed by atoms with Gasteiger partial charge in [0, 0.05) is 0 Å². The number of benzene rings is 2. The Labute approximate surface area is 131 Å². The summed E-state index contributed by atoms with van der Waals surface area (Å²) < 4.78 is 10.6. The number of nitrogens with one attached hydrogen (secondary N) is 1. The first-order valence-corrected chi connectivity index (χ1v) is 7.15. The van der Waals surface area contributed by atoms with Crippen LogP contribution >= 0.6 is 0 Å². The molecule has 0 aliphatic carbocycles. The number of amides is 1. The van der Waals surface area contributed by atoms with E-state index in [-0.39, 0.29) is 6.04 Å². The Balaban J connectivity index is 2.24. The third kappa shape index (κ3) is 3.79. The molecule has 0 radical (unpaired) electrons. The predicted molar refractivity (Wildman–Crippen MR) is 86.4 cm³/mol. The van der Waals surface area contributed by atoms with Crippen molar-refractivity contribution in [2.45, 2.75) is 19.4 Å². The van der Waals surface area contributed by atoms with Gasteiger partial charge < -0.3 is 14.8 Å². The Kier molecular flexibility index (Phi) is 5.42. The standard InChI is InChI=1S/C18H21NO3/c1-13-4-7-15(8-5-13)16(19-12-20)10-14-6-9-17(21-2)18(11-14)22-3/h4-9,11-12,16H,10H2,1-3H3,(H,19,20). The van der Waals surface area contributed by atoms with Crippen LogP contribution in [0.1, 0.15) is 22.7 Å². The van der Waals surface area contributed by atoms with Gasteiger partial charge in [0.25, 0.3) is 0 Å². The highest BCUT2D eigenvalue weighted by Gasteiger charge is 2.13. The van der Waals surface area contributed by atoms with Crippen molar-refractivity contribution in [3.8, 4) is 11.5 Å². The SMILES string of the molecule is COc1ccc(CC(NC=O)c2ccc(C)cc2)cc1OC. The lowest BCUT2D eigenvalue weighted by atomic mass is 9.98. The van der Waals surface area contributed by atoms with Gasteiger partial charge in [-0.25, -0.2) is 0 Å². The van der Waals surface area contributed by atoms with E-state index in [9.17, 15) is 4.79 Å². The maximum atomic E-state index is 10.9. The van der Waals surface area contributed by atoms with Gasteiger partial charge in [0.15, 0.2) is 11.5 Å². The van der Waals surface area contributed by atoms with Crippen LogP contribution in [0, 0.1) is 6.92 Å². The summed E-state index contributed by atoms with van der Waals surface area (Å²) in [5, 5.41) is 2.88. The summed E-state index contributed by atoms with van der Waals surface area (Å²) in [5.41, 5.74) is 3.34. The summed E-state index contributed by atoms with van der Waals surface area (Å²) in [4.78, 5) is 10.9. The van der Waals surface area contributed by atoms with E-state index in [1.807, 2.05) is 49.4 Å². The van der Waals surface area contributed by atoms with Crippen molar-refractivity contribution in [2.24, 2.45) is 0 Å². The van der Waals surface area contributed by atoms with Gasteiger partial charge in [-0.2, -0.15) is 0 Å². The molecule has 0 saturated heterocycles. The average Bonchev–Trinajstić information content (AvgIpc) is 2.55. The van der Waals surface area contributed by atoms with Gasteiger partial charge in [-0.05, 0) is 36.6 Å². The normalized spacial score (nSPS) is 11.6. The number of carbonyl (C=O) groups excluding carboxylic acids is 1. The molecule has 1 N–H and O–H groups in total. The number of hydrogen-bond donors (Lipinski definition) is 1. The lowest BCUT2D eigenvalue weighted by Gasteiger charge is -2.18. The van der Waals surface area contributed by atoms with Crippen LogP contribution in [-0.2, 0) is 11.2 Å². The van der Waals surface area contributed by atoms with Crippen LogP contribution in [0.15, 0.2) is 42.5 Å². The first kappa shape index (κ1) is 15.9. The molecular weight excluding hydrogens is 278 g/mol. The average molecular weight is 299 g/mol. The topological polar surface area (TPSA) is 47.6 Å². The maximum Gasteiger partial charge on any atom is 0.207 e. The molecule has 1 atom stereocenters. The predicted octanol–water partition coefficient (Wildman–Crippen LogP) is 3.04. The summed E-state index contributed by atoms with van der Waals surface area (Å²) in [6, 6.07) is 13.9. The van der Waals surface area contributed by atoms with E-state index in [0.29, 0.717) is 17.9 Å². The second kappa shape index (κ2) is 7.50. The molecule has 22 heavy (non-hydrogen) atoms. The first-order chi connectivity index (χ1) is 10.7. The number of hydrogen-bond acceptors (Lipinski definition) is 3. The Hall–Kier alpha value is -2.49. The lowest BCUT2D eigenvalue weighted by molar-refractivity contribution is -0.110. The van der Waals surface area contributed by atoms with Gasteiger partial charge in [-0.1, -0.05) is 35.9 Å². The molecule has 0 fully saturated rings. The molecule has 2 rings (SSSR count). The summed E-state index contributed by atoms with van der Waals surface area (Å²) in [5.74, 6) is 1.38. The van der Waals surface area contributed by atoms with E-state index >= 15 is 0 Å². The van der Waals surface area contributed by atoms with Crippen molar-refractivity contribution < 1.29 is 14.3 Å². The van der Waals surface area contributed by atoms with Crippen LogP contribution in [0.3, 0.4) is 0 Å². The third-order valence-electron chi connectivity index (χ3n) is 3.64. The molecule has 0 spiro atoms. The zero-order valence-corrected chi connectivity index (χ0v) is 13.1. The van der Waals surface area contributed by atoms with E-state index in [1.54, 1.807) is 14.2 Å². The molecule has 116 valence electrons. The second-order valence-electron chi connectivity index (χ2n) is 5.14. The molecule has 4 nitrogen and oxygen atoms in total. The summed E-state index contributed by atoms with van der Waals surface area (Å²) in [6.45, 7) is 2.04. The van der Waals surface area contributed by atoms with Gasteiger partial charge in [-0.3, -0.25) is 4.79 Å². The fraction of sp³-hybridized carbons (Fsp3) is 0.278. The van der Waals surface area contributed by atoms with E-state index in [2.05, 4.69) is 5.32 Å². The van der Waals surface area contributed by atoms with E-state index in [1.165, 1.54) is 5.56 Å². The van der Waals surface area contributed by atoms with Gasteiger partial charge in [0.05, 0.1) is 20.3 Å². The Morgan fingerprint density at radius 3 is 2.32 bits per heavy atom. The molecule has 0 aliphatic rings. The smallest absolute Gasteiger partial charge is 0.207 e. The van der Waals surface area contributed by atoms with Crippen LogP contribution in [-0.4, -0.2) is 20.6 Å². The van der Waals surface area contributed by atoms with Gasteiger partial charge in [0.1, 0.15) is 0 Å². The maximum absolute atomic E-state index is 10.9. The molecule has 4 heteroatoms. The van der Waals surface area contributed by atoms with E-state index in [4.69, 9.17) is 9.47 Å². The zero-order chi connectivity index (χ0) is 15.9. The minimum Gasteiger partial charge on any atom is -0.493 e. The highest BCUT2D eigenvalue weighted by Crippen LogP contribution is 2.29. The monoisotopic (exact) mass is 299 g/mol. The lowest BCUT2D eigenvalue weighted by Crippen LogP contribution is -2.21. The number of rotatable bonds is 7.